The number of aromatic amines is 1. The average molecular weight is 405 g/mol. The molecule has 30 heavy (non-hydrogen) atoms. The number of rotatable bonds is 6. The van der Waals surface area contributed by atoms with Gasteiger partial charge in [-0.3, -0.25) is 9.59 Å². The molecule has 0 saturated carbocycles. The van der Waals surface area contributed by atoms with Crippen LogP contribution in [-0.2, 0) is 11.2 Å². The van der Waals surface area contributed by atoms with Gasteiger partial charge < -0.3 is 19.9 Å². The first-order chi connectivity index (χ1) is 14.6. The van der Waals surface area contributed by atoms with Gasteiger partial charge >= 0.3 is 0 Å². The Morgan fingerprint density at radius 2 is 1.83 bits per heavy atom. The van der Waals surface area contributed by atoms with E-state index in [9.17, 15) is 9.59 Å². The summed E-state index contributed by atoms with van der Waals surface area (Å²) in [5, 5.41) is 4.25. The van der Waals surface area contributed by atoms with E-state index in [1.54, 1.807) is 31.4 Å². The van der Waals surface area contributed by atoms with Gasteiger partial charge in [0.15, 0.2) is 0 Å². The van der Waals surface area contributed by atoms with Crippen molar-refractivity contribution >= 4 is 22.7 Å². The van der Waals surface area contributed by atoms with Gasteiger partial charge in [0.05, 0.1) is 7.11 Å². The topological polar surface area (TPSA) is 74.4 Å². The van der Waals surface area contributed by atoms with Gasteiger partial charge in [0.25, 0.3) is 5.91 Å². The van der Waals surface area contributed by atoms with Gasteiger partial charge in [-0.15, -0.1) is 0 Å². The summed E-state index contributed by atoms with van der Waals surface area (Å²) in [6.07, 6.45) is 2.16. The van der Waals surface area contributed by atoms with Gasteiger partial charge in [0.1, 0.15) is 5.75 Å². The maximum Gasteiger partial charge on any atom is 0.253 e. The fourth-order valence-electron chi connectivity index (χ4n) is 3.99. The minimum absolute atomic E-state index is 0.00956. The Morgan fingerprint density at radius 1 is 1.10 bits per heavy atom. The van der Waals surface area contributed by atoms with Gasteiger partial charge in [-0.25, -0.2) is 0 Å². The van der Waals surface area contributed by atoms with Crippen molar-refractivity contribution in [3.63, 3.8) is 0 Å². The number of piperidine rings is 1. The Hall–Kier alpha value is -3.28. The molecule has 1 fully saturated rings. The zero-order chi connectivity index (χ0) is 20.9. The number of hydrogen-bond acceptors (Lipinski definition) is 3. The van der Waals surface area contributed by atoms with E-state index < -0.39 is 0 Å². The molecule has 2 N–H and O–H groups in total. The quantitative estimate of drug-likeness (QED) is 0.660. The van der Waals surface area contributed by atoms with Gasteiger partial charge in [0, 0.05) is 48.7 Å². The summed E-state index contributed by atoms with van der Waals surface area (Å²) in [7, 11) is 1.60. The maximum atomic E-state index is 12.7. The molecule has 0 aliphatic carbocycles. The van der Waals surface area contributed by atoms with Crippen LogP contribution < -0.4 is 10.1 Å². The number of likely N-dealkylation sites (tertiary alicyclic amines) is 1. The number of amides is 2. The van der Waals surface area contributed by atoms with Crippen molar-refractivity contribution in [1.82, 2.24) is 15.2 Å². The number of carbonyl (C=O) groups excluding carboxylic acids is 2. The number of H-pyrrole nitrogens is 1. The van der Waals surface area contributed by atoms with Crippen LogP contribution in [0.4, 0.5) is 0 Å². The van der Waals surface area contributed by atoms with E-state index in [-0.39, 0.29) is 17.7 Å². The van der Waals surface area contributed by atoms with Crippen LogP contribution in [0.2, 0.25) is 0 Å². The summed E-state index contributed by atoms with van der Waals surface area (Å²) in [4.78, 5) is 30.4. The Labute approximate surface area is 176 Å². The zero-order valence-corrected chi connectivity index (χ0v) is 17.2. The number of carbonyl (C=O) groups is 2. The minimum Gasteiger partial charge on any atom is -0.497 e. The number of ether oxygens (including phenoxy) is 1. The lowest BCUT2D eigenvalue weighted by Gasteiger charge is -2.31. The van der Waals surface area contributed by atoms with Gasteiger partial charge in [0.2, 0.25) is 5.91 Å². The molecule has 2 heterocycles. The lowest BCUT2D eigenvalue weighted by molar-refractivity contribution is -0.126. The Kier molecular flexibility index (Phi) is 6.02. The van der Waals surface area contributed by atoms with Crippen LogP contribution in [0.3, 0.4) is 0 Å². The lowest BCUT2D eigenvalue weighted by Crippen LogP contribution is -2.43. The number of fused-ring (bicyclic) bond motifs is 1. The van der Waals surface area contributed by atoms with E-state index in [0.29, 0.717) is 38.0 Å². The molecular formula is C24H27N3O3. The van der Waals surface area contributed by atoms with Crippen LogP contribution in [0.25, 0.3) is 10.9 Å². The number of para-hydroxylation sites is 1. The molecule has 0 radical (unpaired) electrons. The second kappa shape index (κ2) is 9.03. The van der Waals surface area contributed by atoms with Crippen molar-refractivity contribution in [2.24, 2.45) is 5.92 Å². The van der Waals surface area contributed by atoms with Crippen molar-refractivity contribution in [2.45, 2.75) is 19.3 Å². The number of nitrogens with one attached hydrogen (secondary N) is 2. The fraction of sp³-hybridized carbons (Fsp3) is 0.333. The smallest absolute Gasteiger partial charge is 0.253 e. The molecule has 1 aromatic heterocycles. The summed E-state index contributed by atoms with van der Waals surface area (Å²) < 4.78 is 5.14. The third-order valence-electron chi connectivity index (χ3n) is 5.77. The van der Waals surface area contributed by atoms with Crippen LogP contribution >= 0.6 is 0 Å². The minimum atomic E-state index is -0.0346. The van der Waals surface area contributed by atoms with E-state index in [0.717, 1.165) is 23.4 Å². The van der Waals surface area contributed by atoms with Crippen molar-refractivity contribution < 1.29 is 14.3 Å². The summed E-state index contributed by atoms with van der Waals surface area (Å²) in [5.41, 5.74) is 2.89. The molecule has 0 atom stereocenters. The predicted molar refractivity (Wildman–Crippen MR) is 117 cm³/mol. The van der Waals surface area contributed by atoms with E-state index in [4.69, 9.17) is 4.74 Å². The summed E-state index contributed by atoms with van der Waals surface area (Å²) in [5.74, 6) is 0.792. The first-order valence-corrected chi connectivity index (χ1v) is 10.4. The first kappa shape index (κ1) is 20.0. The molecule has 6 heteroatoms. The van der Waals surface area contributed by atoms with Crippen LogP contribution in [0.5, 0.6) is 5.75 Å². The molecular weight excluding hydrogens is 378 g/mol. The molecule has 1 aliphatic heterocycles. The highest BCUT2D eigenvalue weighted by molar-refractivity contribution is 5.94. The normalized spacial score (nSPS) is 14.6. The second-order valence-corrected chi connectivity index (χ2v) is 7.72. The number of nitrogens with zero attached hydrogens (tertiary/aromatic N) is 1. The maximum absolute atomic E-state index is 12.7. The van der Waals surface area contributed by atoms with E-state index in [1.165, 1.54) is 5.39 Å². The molecule has 0 bridgehead atoms. The molecule has 4 rings (SSSR count). The standard InChI is InChI=1S/C24H27N3O3/c1-30-21-8-6-18(7-9-21)24(29)27-14-11-17(12-15-27)23(28)25-13-10-20-16-19-4-2-3-5-22(19)26-20/h2-9,16-17,26H,10-15H2,1H3,(H,25,28). The van der Waals surface area contributed by atoms with Crippen molar-refractivity contribution in [2.75, 3.05) is 26.7 Å². The summed E-state index contributed by atoms with van der Waals surface area (Å²) >= 11 is 0. The predicted octanol–water partition coefficient (Wildman–Crippen LogP) is 3.39. The highest BCUT2D eigenvalue weighted by Crippen LogP contribution is 2.21. The highest BCUT2D eigenvalue weighted by Gasteiger charge is 2.27. The molecule has 2 aromatic carbocycles. The van der Waals surface area contributed by atoms with E-state index in [1.807, 2.05) is 17.0 Å². The van der Waals surface area contributed by atoms with Crippen LogP contribution in [0, 0.1) is 5.92 Å². The summed E-state index contributed by atoms with van der Waals surface area (Å²) in [6.45, 7) is 1.81. The second-order valence-electron chi connectivity index (χ2n) is 7.72. The molecule has 0 spiro atoms. The van der Waals surface area contributed by atoms with Crippen molar-refractivity contribution in [3.8, 4) is 5.75 Å². The van der Waals surface area contributed by atoms with Crippen LogP contribution in [0.1, 0.15) is 28.9 Å². The van der Waals surface area contributed by atoms with Gasteiger partial charge in [-0.1, -0.05) is 18.2 Å². The molecule has 0 unspecified atom stereocenters. The SMILES string of the molecule is COc1ccc(C(=O)N2CCC(C(=O)NCCc3cc4ccccc4[nH]3)CC2)cc1. The molecule has 1 saturated heterocycles. The molecule has 156 valence electrons. The third kappa shape index (κ3) is 4.48. The Morgan fingerprint density at radius 3 is 2.53 bits per heavy atom. The Balaban J connectivity index is 1.23. The largest absolute Gasteiger partial charge is 0.497 e. The summed E-state index contributed by atoms with van der Waals surface area (Å²) in [6, 6.07) is 17.4. The zero-order valence-electron chi connectivity index (χ0n) is 17.2. The number of hydrogen-bond donors (Lipinski definition) is 2. The van der Waals surface area contributed by atoms with E-state index >= 15 is 0 Å². The number of aromatic nitrogens is 1. The number of benzene rings is 2. The highest BCUT2D eigenvalue weighted by atomic mass is 16.5. The van der Waals surface area contributed by atoms with Crippen LogP contribution in [-0.4, -0.2) is 48.4 Å². The molecule has 1 aliphatic rings. The lowest BCUT2D eigenvalue weighted by atomic mass is 9.95. The van der Waals surface area contributed by atoms with Gasteiger partial charge in [-0.05, 0) is 54.6 Å². The molecule has 3 aromatic rings. The van der Waals surface area contributed by atoms with Crippen molar-refractivity contribution in [3.05, 3.63) is 65.9 Å². The number of methoxy groups -OCH3 is 1. The average Bonchev–Trinajstić information content (AvgIpc) is 3.21. The molecule has 2 amide bonds. The monoisotopic (exact) mass is 405 g/mol. The van der Waals surface area contributed by atoms with Crippen LogP contribution in [0.15, 0.2) is 54.6 Å². The first-order valence-electron chi connectivity index (χ1n) is 10.4. The third-order valence-corrected chi connectivity index (χ3v) is 5.77. The van der Waals surface area contributed by atoms with Gasteiger partial charge in [-0.2, -0.15) is 0 Å². The van der Waals surface area contributed by atoms with Crippen molar-refractivity contribution in [1.29, 1.82) is 0 Å². The van der Waals surface area contributed by atoms with E-state index in [2.05, 4.69) is 28.5 Å². The Bertz CT molecular complexity index is 985. The molecule has 6 nitrogen and oxygen atoms in total. The fourth-order valence-corrected chi connectivity index (χ4v) is 3.99.